The third-order valence-corrected chi connectivity index (χ3v) is 5.85. The average molecular weight is 466 g/mol. The van der Waals surface area contributed by atoms with Crippen molar-refractivity contribution >= 4 is 16.9 Å². The predicted octanol–water partition coefficient (Wildman–Crippen LogP) is 3.49. The van der Waals surface area contributed by atoms with E-state index in [4.69, 9.17) is 5.10 Å². The maximum Gasteiger partial charge on any atom is 0.316 e. The van der Waals surface area contributed by atoms with Gasteiger partial charge in [0, 0.05) is 36.0 Å². The van der Waals surface area contributed by atoms with Crippen molar-refractivity contribution in [3.8, 4) is 16.9 Å². The SMILES string of the molecule is CCn1c(=O)c(=O)[nH]c2cc(C(=O)NCc3cn(-c4ccccc4)nc3-c3ccccc3)ccc21. The van der Waals surface area contributed by atoms with E-state index in [0.717, 1.165) is 22.5 Å². The van der Waals surface area contributed by atoms with Crippen molar-refractivity contribution in [2.75, 3.05) is 0 Å². The van der Waals surface area contributed by atoms with E-state index in [1.807, 2.05) is 66.9 Å². The predicted molar refractivity (Wildman–Crippen MR) is 135 cm³/mol. The van der Waals surface area contributed by atoms with E-state index >= 15 is 0 Å². The number of aromatic nitrogens is 4. The van der Waals surface area contributed by atoms with Gasteiger partial charge < -0.3 is 14.9 Å². The van der Waals surface area contributed by atoms with Crippen LogP contribution in [-0.2, 0) is 13.1 Å². The zero-order valence-electron chi connectivity index (χ0n) is 19.1. The fraction of sp³-hybridized carbons (Fsp3) is 0.111. The van der Waals surface area contributed by atoms with Crippen molar-refractivity contribution in [2.24, 2.45) is 0 Å². The van der Waals surface area contributed by atoms with Gasteiger partial charge >= 0.3 is 11.1 Å². The monoisotopic (exact) mass is 465 g/mol. The number of benzene rings is 3. The maximum absolute atomic E-state index is 13.0. The Morgan fingerprint density at radius 3 is 2.40 bits per heavy atom. The highest BCUT2D eigenvalue weighted by atomic mass is 16.2. The molecule has 2 aromatic heterocycles. The summed E-state index contributed by atoms with van der Waals surface area (Å²) in [6.07, 6.45) is 1.91. The van der Waals surface area contributed by atoms with Gasteiger partial charge in [0.05, 0.1) is 22.4 Å². The Morgan fingerprint density at radius 2 is 1.69 bits per heavy atom. The number of carbonyl (C=O) groups excluding carboxylic acids is 1. The number of H-pyrrole nitrogens is 1. The second-order valence-corrected chi connectivity index (χ2v) is 8.07. The lowest BCUT2D eigenvalue weighted by Gasteiger charge is -2.09. The zero-order valence-corrected chi connectivity index (χ0v) is 19.1. The first kappa shape index (κ1) is 22.1. The molecule has 35 heavy (non-hydrogen) atoms. The smallest absolute Gasteiger partial charge is 0.316 e. The molecule has 0 aliphatic rings. The lowest BCUT2D eigenvalue weighted by Crippen LogP contribution is -2.36. The molecular weight excluding hydrogens is 442 g/mol. The lowest BCUT2D eigenvalue weighted by atomic mass is 10.1. The van der Waals surface area contributed by atoms with E-state index in [1.54, 1.807) is 29.8 Å². The Kier molecular flexibility index (Phi) is 5.85. The molecule has 0 unspecified atom stereocenters. The third-order valence-electron chi connectivity index (χ3n) is 5.85. The number of nitrogens with one attached hydrogen (secondary N) is 2. The van der Waals surface area contributed by atoms with Crippen molar-refractivity contribution in [3.05, 3.63) is 117 Å². The number of fused-ring (bicyclic) bond motifs is 1. The molecule has 3 aromatic carbocycles. The number of para-hydroxylation sites is 1. The normalized spacial score (nSPS) is 11.0. The van der Waals surface area contributed by atoms with Gasteiger partial charge in [-0.15, -0.1) is 0 Å². The van der Waals surface area contributed by atoms with Gasteiger partial charge in [-0.3, -0.25) is 14.4 Å². The van der Waals surface area contributed by atoms with Crippen molar-refractivity contribution in [1.29, 1.82) is 0 Å². The van der Waals surface area contributed by atoms with Crippen LogP contribution in [0.3, 0.4) is 0 Å². The Hall–Kier alpha value is -4.72. The number of carbonyl (C=O) groups is 1. The number of amides is 1. The molecule has 8 nitrogen and oxygen atoms in total. The number of hydrogen-bond donors (Lipinski definition) is 2. The Bertz CT molecular complexity index is 1630. The molecule has 2 heterocycles. The fourth-order valence-electron chi connectivity index (χ4n) is 4.10. The van der Waals surface area contributed by atoms with E-state index in [9.17, 15) is 14.4 Å². The van der Waals surface area contributed by atoms with E-state index < -0.39 is 11.1 Å². The molecule has 0 saturated carbocycles. The number of aromatic amines is 1. The molecule has 0 fully saturated rings. The molecule has 0 bridgehead atoms. The summed E-state index contributed by atoms with van der Waals surface area (Å²) < 4.78 is 3.19. The Balaban J connectivity index is 1.45. The van der Waals surface area contributed by atoms with Crippen molar-refractivity contribution in [2.45, 2.75) is 20.0 Å². The van der Waals surface area contributed by atoms with Crippen LogP contribution in [0.5, 0.6) is 0 Å². The molecule has 174 valence electrons. The number of hydrogen-bond acceptors (Lipinski definition) is 4. The summed E-state index contributed by atoms with van der Waals surface area (Å²) in [4.78, 5) is 39.6. The second-order valence-electron chi connectivity index (χ2n) is 8.07. The van der Waals surface area contributed by atoms with E-state index in [-0.39, 0.29) is 12.5 Å². The number of rotatable bonds is 6. The number of nitrogens with zero attached hydrogens (tertiary/aromatic N) is 3. The molecule has 0 atom stereocenters. The first-order valence-electron chi connectivity index (χ1n) is 11.3. The summed E-state index contributed by atoms with van der Waals surface area (Å²) in [6, 6.07) is 24.5. The summed E-state index contributed by atoms with van der Waals surface area (Å²) in [5.74, 6) is -0.298. The third kappa shape index (κ3) is 4.29. The highest BCUT2D eigenvalue weighted by molar-refractivity contribution is 5.97. The first-order valence-corrected chi connectivity index (χ1v) is 11.3. The second kappa shape index (κ2) is 9.26. The van der Waals surface area contributed by atoms with Crippen LogP contribution in [0.2, 0.25) is 0 Å². The molecule has 5 aromatic rings. The van der Waals surface area contributed by atoms with E-state index in [1.165, 1.54) is 4.57 Å². The van der Waals surface area contributed by atoms with Crippen LogP contribution in [0, 0.1) is 0 Å². The molecule has 0 saturated heterocycles. The molecule has 0 aliphatic carbocycles. The topological polar surface area (TPSA) is 102 Å². The van der Waals surface area contributed by atoms with Gasteiger partial charge in [-0.2, -0.15) is 5.10 Å². The van der Waals surface area contributed by atoms with Crippen LogP contribution in [-0.4, -0.2) is 25.2 Å². The number of aryl methyl sites for hydroxylation is 1. The molecule has 1 amide bonds. The highest BCUT2D eigenvalue weighted by Gasteiger charge is 2.15. The minimum absolute atomic E-state index is 0.263. The van der Waals surface area contributed by atoms with Gasteiger partial charge in [0.1, 0.15) is 0 Å². The first-order chi connectivity index (χ1) is 17.0. The van der Waals surface area contributed by atoms with Gasteiger partial charge in [0.2, 0.25) is 0 Å². The van der Waals surface area contributed by atoms with Gasteiger partial charge in [0.15, 0.2) is 0 Å². The van der Waals surface area contributed by atoms with Crippen LogP contribution >= 0.6 is 0 Å². The van der Waals surface area contributed by atoms with E-state index in [2.05, 4.69) is 10.3 Å². The van der Waals surface area contributed by atoms with Gasteiger partial charge in [-0.25, -0.2) is 4.68 Å². The van der Waals surface area contributed by atoms with Crippen LogP contribution in [0.25, 0.3) is 28.0 Å². The van der Waals surface area contributed by atoms with Gasteiger partial charge in [0.25, 0.3) is 5.91 Å². The summed E-state index contributed by atoms with van der Waals surface area (Å²) in [7, 11) is 0. The quantitative estimate of drug-likeness (QED) is 0.375. The molecule has 0 radical (unpaired) electrons. The maximum atomic E-state index is 13.0. The van der Waals surface area contributed by atoms with Gasteiger partial charge in [-0.1, -0.05) is 48.5 Å². The van der Waals surface area contributed by atoms with Gasteiger partial charge in [-0.05, 0) is 37.3 Å². The summed E-state index contributed by atoms with van der Waals surface area (Å²) >= 11 is 0. The minimum Gasteiger partial charge on any atom is -0.348 e. The van der Waals surface area contributed by atoms with Crippen molar-refractivity contribution in [1.82, 2.24) is 24.6 Å². The molecule has 5 rings (SSSR count). The van der Waals surface area contributed by atoms with Crippen molar-refractivity contribution in [3.63, 3.8) is 0 Å². The summed E-state index contributed by atoms with van der Waals surface area (Å²) in [5.41, 5.74) is 3.59. The van der Waals surface area contributed by atoms with Crippen LogP contribution in [0.15, 0.2) is 94.6 Å². The van der Waals surface area contributed by atoms with Crippen molar-refractivity contribution < 1.29 is 4.79 Å². The highest BCUT2D eigenvalue weighted by Crippen LogP contribution is 2.24. The minimum atomic E-state index is -0.710. The van der Waals surface area contributed by atoms with Crippen LogP contribution < -0.4 is 16.4 Å². The van der Waals surface area contributed by atoms with E-state index in [0.29, 0.717) is 23.1 Å². The Labute approximate surface area is 200 Å². The molecule has 8 heteroatoms. The lowest BCUT2D eigenvalue weighted by molar-refractivity contribution is 0.0951. The largest absolute Gasteiger partial charge is 0.348 e. The molecular formula is C27H23N5O3. The molecule has 0 aliphatic heterocycles. The molecule has 0 spiro atoms. The van der Waals surface area contributed by atoms with Crippen LogP contribution in [0.4, 0.5) is 0 Å². The standard InChI is InChI=1S/C27H23N5O3/c1-2-31-23-14-13-19(15-22(23)29-26(34)27(31)35)25(33)28-16-20-17-32(21-11-7-4-8-12-21)30-24(20)18-9-5-3-6-10-18/h3-15,17H,2,16H2,1H3,(H,28,33)(H,29,34). The Morgan fingerprint density at radius 1 is 0.971 bits per heavy atom. The van der Waals surface area contributed by atoms with Crippen LogP contribution in [0.1, 0.15) is 22.8 Å². The average Bonchev–Trinajstić information content (AvgIpc) is 3.33. The zero-order chi connectivity index (χ0) is 24.4. The summed E-state index contributed by atoms with van der Waals surface area (Å²) in [6.45, 7) is 2.41. The fourth-order valence-corrected chi connectivity index (χ4v) is 4.10. The summed E-state index contributed by atoms with van der Waals surface area (Å²) in [5, 5.41) is 7.73. The molecule has 2 N–H and O–H groups in total.